The van der Waals surface area contributed by atoms with Gasteiger partial charge in [0, 0.05) is 34.5 Å². The van der Waals surface area contributed by atoms with E-state index < -0.39 is 17.2 Å². The third-order valence-electron chi connectivity index (χ3n) is 8.29. The first-order valence-electron chi connectivity index (χ1n) is 13.6. The summed E-state index contributed by atoms with van der Waals surface area (Å²) in [4.78, 5) is 11.2. The maximum Gasteiger partial charge on any atom is 0.205 e. The number of H-pyrrole nitrogens is 3. The molecule has 14 nitrogen and oxygen atoms in total. The molecule has 0 saturated carbocycles. The van der Waals surface area contributed by atoms with E-state index in [1.165, 1.54) is 24.1 Å². The van der Waals surface area contributed by atoms with Crippen LogP contribution in [-0.2, 0) is 11.2 Å². The Kier molecular flexibility index (Phi) is 5.19. The minimum Gasteiger partial charge on any atom is -0.466 e. The molecule has 15 heteroatoms. The molecular formula is C29H21N11O3S. The van der Waals surface area contributed by atoms with Gasteiger partial charge < -0.3 is 28.3 Å². The van der Waals surface area contributed by atoms with E-state index in [9.17, 15) is 0 Å². The Hall–Kier alpha value is -5.96. The van der Waals surface area contributed by atoms with E-state index in [-0.39, 0.29) is 0 Å². The average Bonchev–Trinajstić information content (AvgIpc) is 3.92. The summed E-state index contributed by atoms with van der Waals surface area (Å²) in [5, 5.41) is 28.6. The van der Waals surface area contributed by atoms with Crippen LogP contribution in [0.5, 0.6) is 0 Å². The fourth-order valence-corrected chi connectivity index (χ4v) is 7.31. The van der Waals surface area contributed by atoms with Gasteiger partial charge in [0.2, 0.25) is 5.66 Å². The lowest BCUT2D eigenvalue weighted by Crippen LogP contribution is -2.57. The fourth-order valence-electron chi connectivity index (χ4n) is 6.81. The van der Waals surface area contributed by atoms with Crippen LogP contribution in [0.1, 0.15) is 34.6 Å². The SMILES string of the molecule is c1c[nH]c(C2(c3ccco3)C(c3[nH]nc4ccccc34)N(c3conn3)C(c3csnn3)(c3ccc[nH]3)N2c2ccon2)c1. The fraction of sp³-hybridized carbons (Fsp3) is 0.103. The van der Waals surface area contributed by atoms with Crippen LogP contribution in [0.2, 0.25) is 0 Å². The second-order valence-electron chi connectivity index (χ2n) is 10.3. The van der Waals surface area contributed by atoms with E-state index in [0.717, 1.165) is 28.0 Å². The minimum atomic E-state index is -1.32. The molecule has 216 valence electrons. The zero-order chi connectivity index (χ0) is 29.1. The number of hydrogen-bond acceptors (Lipinski definition) is 12. The largest absolute Gasteiger partial charge is 0.466 e. The van der Waals surface area contributed by atoms with Crippen LogP contribution < -0.4 is 9.80 Å². The molecule has 0 spiro atoms. The minimum absolute atomic E-state index is 0.421. The van der Waals surface area contributed by atoms with Crippen molar-refractivity contribution >= 4 is 34.1 Å². The van der Waals surface area contributed by atoms with Gasteiger partial charge in [-0.05, 0) is 54.0 Å². The number of rotatable bonds is 7. The Morgan fingerprint density at radius 1 is 0.841 bits per heavy atom. The highest BCUT2D eigenvalue weighted by atomic mass is 32.1. The summed E-state index contributed by atoms with van der Waals surface area (Å²) in [6, 6.07) is 20.8. The molecule has 0 radical (unpaired) electrons. The molecule has 1 aliphatic rings. The van der Waals surface area contributed by atoms with E-state index >= 15 is 0 Å². The molecule has 44 heavy (non-hydrogen) atoms. The number of para-hydroxylation sites is 1. The van der Waals surface area contributed by atoms with Gasteiger partial charge in [0.15, 0.2) is 23.4 Å². The summed E-state index contributed by atoms with van der Waals surface area (Å²) < 4.78 is 21.7. The Morgan fingerprint density at radius 3 is 2.43 bits per heavy atom. The zero-order valence-corrected chi connectivity index (χ0v) is 23.4. The molecule has 1 fully saturated rings. The number of hydrogen-bond donors (Lipinski definition) is 3. The highest BCUT2D eigenvalue weighted by Gasteiger charge is 2.73. The van der Waals surface area contributed by atoms with Crippen molar-refractivity contribution in [3.05, 3.63) is 132 Å². The molecule has 1 aliphatic heterocycles. The molecule has 3 N–H and O–H groups in total. The van der Waals surface area contributed by atoms with Gasteiger partial charge in [0.05, 0.1) is 28.9 Å². The second kappa shape index (κ2) is 9.27. The number of benzene rings is 1. The van der Waals surface area contributed by atoms with E-state index in [2.05, 4.69) is 44.9 Å². The quantitative estimate of drug-likeness (QED) is 0.225. The van der Waals surface area contributed by atoms with Crippen LogP contribution in [-0.4, -0.2) is 45.3 Å². The molecule has 3 atom stereocenters. The summed E-state index contributed by atoms with van der Waals surface area (Å²) in [5.74, 6) is 1.51. The lowest BCUT2D eigenvalue weighted by molar-refractivity contribution is 0.335. The summed E-state index contributed by atoms with van der Waals surface area (Å²) in [7, 11) is 0. The molecule has 0 aliphatic carbocycles. The molecule has 0 amide bonds. The molecule has 3 unspecified atom stereocenters. The van der Waals surface area contributed by atoms with Gasteiger partial charge in [0.25, 0.3) is 0 Å². The van der Waals surface area contributed by atoms with E-state index in [0.29, 0.717) is 23.1 Å². The van der Waals surface area contributed by atoms with Crippen LogP contribution in [0, 0.1) is 0 Å². The topological polar surface area (TPSA) is 171 Å². The van der Waals surface area contributed by atoms with Crippen LogP contribution >= 0.6 is 11.5 Å². The predicted molar refractivity (Wildman–Crippen MR) is 156 cm³/mol. The van der Waals surface area contributed by atoms with Crippen molar-refractivity contribution in [3.8, 4) is 0 Å². The number of nitrogens with zero attached hydrogens (tertiary/aromatic N) is 8. The number of aromatic amines is 3. The van der Waals surface area contributed by atoms with Crippen molar-refractivity contribution in [2.45, 2.75) is 17.2 Å². The highest BCUT2D eigenvalue weighted by Crippen LogP contribution is 2.65. The van der Waals surface area contributed by atoms with Gasteiger partial charge >= 0.3 is 0 Å². The van der Waals surface area contributed by atoms with Crippen molar-refractivity contribution in [1.29, 1.82) is 0 Å². The molecule has 1 aromatic carbocycles. The molecule has 0 bridgehead atoms. The third-order valence-corrected chi connectivity index (χ3v) is 8.79. The zero-order valence-electron chi connectivity index (χ0n) is 22.6. The first-order chi connectivity index (χ1) is 21.8. The van der Waals surface area contributed by atoms with Crippen LogP contribution in [0.3, 0.4) is 0 Å². The highest BCUT2D eigenvalue weighted by molar-refractivity contribution is 7.03. The molecular weight excluding hydrogens is 582 g/mol. The van der Waals surface area contributed by atoms with Crippen molar-refractivity contribution in [2.24, 2.45) is 0 Å². The summed E-state index contributed by atoms with van der Waals surface area (Å²) in [5.41, 5.74) is 1.15. The standard InChI is InChI=1S/C29H21N11O3S/c1-2-7-19-18(6-1)26(35-32-19)27-28(20-8-3-12-30-20,23-10-5-14-41-23)40(24-11-15-42-36-24)29(21-9-4-13-31-21,22-17-44-38-33-22)39(27)25-16-43-37-34-25/h1-17,27,30-31H,(H,32,35). The first-order valence-corrected chi connectivity index (χ1v) is 14.5. The van der Waals surface area contributed by atoms with Gasteiger partial charge in [0.1, 0.15) is 23.8 Å². The number of fused-ring (bicyclic) bond motifs is 1. The van der Waals surface area contributed by atoms with E-state index in [4.69, 9.17) is 23.7 Å². The number of furan rings is 1. The van der Waals surface area contributed by atoms with Gasteiger partial charge in [-0.15, -0.1) is 5.10 Å². The summed E-state index contributed by atoms with van der Waals surface area (Å²) in [6.45, 7) is 0. The molecule has 7 aromatic heterocycles. The van der Waals surface area contributed by atoms with Crippen molar-refractivity contribution < 1.29 is 13.5 Å². The van der Waals surface area contributed by atoms with Crippen LogP contribution in [0.15, 0.2) is 117 Å². The maximum absolute atomic E-state index is 6.42. The Labute approximate surface area is 251 Å². The Balaban J connectivity index is 1.54. The van der Waals surface area contributed by atoms with Gasteiger partial charge in [-0.1, -0.05) is 32.9 Å². The lowest BCUT2D eigenvalue weighted by Gasteiger charge is -2.44. The molecule has 1 saturated heterocycles. The van der Waals surface area contributed by atoms with E-state index in [1.807, 2.05) is 84.5 Å². The Bertz CT molecular complexity index is 2030. The van der Waals surface area contributed by atoms with E-state index in [1.54, 1.807) is 6.26 Å². The van der Waals surface area contributed by atoms with Gasteiger partial charge in [-0.3, -0.25) is 10.00 Å². The first kappa shape index (κ1) is 24.6. The third kappa shape index (κ3) is 3.07. The van der Waals surface area contributed by atoms with Crippen molar-refractivity contribution in [3.63, 3.8) is 0 Å². The average molecular weight is 604 g/mol. The van der Waals surface area contributed by atoms with Crippen LogP contribution in [0.4, 0.5) is 11.6 Å². The smallest absolute Gasteiger partial charge is 0.205 e. The Morgan fingerprint density at radius 2 is 1.73 bits per heavy atom. The van der Waals surface area contributed by atoms with Crippen molar-refractivity contribution in [1.82, 2.24) is 45.3 Å². The normalized spacial score (nSPS) is 22.0. The maximum atomic E-state index is 6.42. The molecule has 9 rings (SSSR count). The summed E-state index contributed by atoms with van der Waals surface area (Å²) in [6.07, 6.45) is 8.45. The monoisotopic (exact) mass is 603 g/mol. The number of nitrogens with one attached hydrogen (secondary N) is 3. The number of anilines is 2. The van der Waals surface area contributed by atoms with Crippen LogP contribution in [0.25, 0.3) is 10.9 Å². The van der Waals surface area contributed by atoms with Gasteiger partial charge in [-0.25, -0.2) is 0 Å². The summed E-state index contributed by atoms with van der Waals surface area (Å²) >= 11 is 1.23. The predicted octanol–water partition coefficient (Wildman–Crippen LogP) is 4.95. The lowest BCUT2D eigenvalue weighted by atomic mass is 9.80. The molecule has 8 aromatic rings. The van der Waals surface area contributed by atoms with Gasteiger partial charge in [-0.2, -0.15) is 5.10 Å². The molecule has 8 heterocycles. The van der Waals surface area contributed by atoms with Crippen molar-refractivity contribution in [2.75, 3.05) is 9.80 Å². The number of aromatic nitrogens is 9. The second-order valence-corrected chi connectivity index (χ2v) is 10.9.